The molecular formula is C28H38. The summed E-state index contributed by atoms with van der Waals surface area (Å²) >= 11 is 0. The largest absolute Gasteiger partial charge is 0.103 e. The summed E-state index contributed by atoms with van der Waals surface area (Å²) in [5.41, 5.74) is 2.99. The summed E-state index contributed by atoms with van der Waals surface area (Å²) in [7, 11) is 0. The van der Waals surface area contributed by atoms with Crippen LogP contribution in [0.1, 0.15) is 87.7 Å². The van der Waals surface area contributed by atoms with Gasteiger partial charge in [-0.1, -0.05) is 85.8 Å². The predicted octanol–water partition coefficient (Wildman–Crippen LogP) is 8.83. The van der Waals surface area contributed by atoms with Gasteiger partial charge in [-0.15, -0.1) is 6.58 Å². The quantitative estimate of drug-likeness (QED) is 0.229. The molecule has 0 aliphatic heterocycles. The molecule has 0 aliphatic rings. The number of unbranched alkanes of at least 4 members (excludes halogenated alkanes) is 2. The van der Waals surface area contributed by atoms with Gasteiger partial charge in [-0.25, -0.2) is 0 Å². The van der Waals surface area contributed by atoms with Gasteiger partial charge in [0.25, 0.3) is 0 Å². The van der Waals surface area contributed by atoms with Crippen molar-refractivity contribution in [2.75, 3.05) is 0 Å². The lowest BCUT2D eigenvalue weighted by Gasteiger charge is -2.16. The molecule has 2 aromatic carbocycles. The van der Waals surface area contributed by atoms with Crippen LogP contribution in [0.5, 0.6) is 0 Å². The number of benzene rings is 2. The van der Waals surface area contributed by atoms with E-state index in [4.69, 9.17) is 0 Å². The Labute approximate surface area is 173 Å². The minimum absolute atomic E-state index is 0.670. The van der Waals surface area contributed by atoms with Gasteiger partial charge in [-0.2, -0.15) is 0 Å². The highest BCUT2D eigenvalue weighted by Crippen LogP contribution is 2.27. The highest BCUT2D eigenvalue weighted by molar-refractivity contribution is 5.20. The predicted molar refractivity (Wildman–Crippen MR) is 125 cm³/mol. The van der Waals surface area contributed by atoms with Gasteiger partial charge in [0.15, 0.2) is 0 Å². The van der Waals surface area contributed by atoms with Crippen LogP contribution in [0.4, 0.5) is 0 Å². The van der Waals surface area contributed by atoms with Crippen LogP contribution < -0.4 is 0 Å². The Hall–Kier alpha value is -2.08. The molecular weight excluding hydrogens is 336 g/mol. The Kier molecular flexibility index (Phi) is 11.1. The molecule has 28 heavy (non-hydrogen) atoms. The van der Waals surface area contributed by atoms with E-state index in [9.17, 15) is 0 Å². The Morgan fingerprint density at radius 3 is 1.68 bits per heavy atom. The summed E-state index contributed by atoms with van der Waals surface area (Å²) in [6.45, 7) is 6.20. The van der Waals surface area contributed by atoms with E-state index in [2.05, 4.69) is 92.4 Å². The van der Waals surface area contributed by atoms with Crippen molar-refractivity contribution >= 4 is 0 Å². The maximum atomic E-state index is 3.89. The molecule has 0 N–H and O–H groups in total. The number of allylic oxidation sites excluding steroid dienone is 3. The molecule has 0 saturated heterocycles. The minimum atomic E-state index is 0.670. The fourth-order valence-electron chi connectivity index (χ4n) is 4.05. The molecule has 0 aliphatic carbocycles. The Morgan fingerprint density at radius 1 is 0.679 bits per heavy atom. The van der Waals surface area contributed by atoms with Gasteiger partial charge in [0.05, 0.1) is 0 Å². The van der Waals surface area contributed by atoms with E-state index < -0.39 is 0 Å². The lowest BCUT2D eigenvalue weighted by molar-refractivity contribution is 0.559. The third kappa shape index (κ3) is 8.30. The third-order valence-corrected chi connectivity index (χ3v) is 5.77. The molecule has 150 valence electrons. The van der Waals surface area contributed by atoms with Crippen molar-refractivity contribution in [2.24, 2.45) is 0 Å². The second-order valence-corrected chi connectivity index (χ2v) is 7.82. The molecule has 2 rings (SSSR count). The first kappa shape index (κ1) is 22.2. The summed E-state index contributed by atoms with van der Waals surface area (Å²) in [5, 5.41) is 0. The number of hydrogen-bond acceptors (Lipinski definition) is 0. The molecule has 2 aromatic rings. The summed E-state index contributed by atoms with van der Waals surface area (Å²) < 4.78 is 0. The van der Waals surface area contributed by atoms with E-state index in [0.29, 0.717) is 11.8 Å². The first-order valence-electron chi connectivity index (χ1n) is 11.2. The smallest absolute Gasteiger partial charge is 0.0159 e. The Bertz CT molecular complexity index is 653. The normalized spacial score (nSPS) is 13.5. The summed E-state index contributed by atoms with van der Waals surface area (Å²) in [5.74, 6) is 1.38. The molecule has 0 nitrogen and oxygen atoms in total. The zero-order chi connectivity index (χ0) is 19.9. The molecule has 2 unspecified atom stereocenters. The van der Waals surface area contributed by atoms with Gasteiger partial charge in [0.2, 0.25) is 0 Å². The number of hydrogen-bond donors (Lipinski definition) is 0. The molecule has 0 heterocycles. The first-order valence-corrected chi connectivity index (χ1v) is 11.2. The van der Waals surface area contributed by atoms with Gasteiger partial charge < -0.3 is 0 Å². The molecule has 0 amide bonds. The molecule has 0 radical (unpaired) electrons. The lowest BCUT2D eigenvalue weighted by Crippen LogP contribution is -1.98. The monoisotopic (exact) mass is 374 g/mol. The van der Waals surface area contributed by atoms with Crippen molar-refractivity contribution in [1.29, 1.82) is 0 Å². The fraction of sp³-hybridized carbons (Fsp3) is 0.429. The SMILES string of the molecule is C=CCCC(CCCC=CCCCC(CC)c1ccccc1)c1ccccc1. The van der Waals surface area contributed by atoms with E-state index >= 15 is 0 Å². The van der Waals surface area contributed by atoms with Gasteiger partial charge in [-0.3, -0.25) is 0 Å². The van der Waals surface area contributed by atoms with E-state index in [0.717, 1.165) is 6.42 Å². The van der Waals surface area contributed by atoms with Gasteiger partial charge in [0.1, 0.15) is 0 Å². The van der Waals surface area contributed by atoms with Crippen molar-refractivity contribution in [3.05, 3.63) is 96.6 Å². The van der Waals surface area contributed by atoms with Crippen LogP contribution >= 0.6 is 0 Å². The molecule has 0 saturated carbocycles. The van der Waals surface area contributed by atoms with Crippen molar-refractivity contribution in [3.63, 3.8) is 0 Å². The van der Waals surface area contributed by atoms with E-state index in [-0.39, 0.29) is 0 Å². The molecule has 0 heteroatoms. The molecule has 0 aromatic heterocycles. The van der Waals surface area contributed by atoms with Crippen LogP contribution in [0, 0.1) is 0 Å². The van der Waals surface area contributed by atoms with E-state index in [1.54, 1.807) is 0 Å². The third-order valence-electron chi connectivity index (χ3n) is 5.77. The van der Waals surface area contributed by atoms with Crippen LogP contribution in [0.2, 0.25) is 0 Å². The summed E-state index contributed by atoms with van der Waals surface area (Å²) in [6, 6.07) is 22.0. The molecule has 0 spiro atoms. The number of rotatable bonds is 14. The topological polar surface area (TPSA) is 0 Å². The van der Waals surface area contributed by atoms with Gasteiger partial charge >= 0.3 is 0 Å². The van der Waals surface area contributed by atoms with Crippen LogP contribution in [0.15, 0.2) is 85.5 Å². The zero-order valence-electron chi connectivity index (χ0n) is 17.7. The molecule has 2 atom stereocenters. The summed E-state index contributed by atoms with van der Waals surface area (Å²) in [6.07, 6.45) is 18.0. The molecule has 0 fully saturated rings. The van der Waals surface area contributed by atoms with E-state index in [1.165, 1.54) is 62.5 Å². The van der Waals surface area contributed by atoms with Crippen LogP contribution in [0.25, 0.3) is 0 Å². The maximum Gasteiger partial charge on any atom is -0.0159 e. The summed E-state index contributed by atoms with van der Waals surface area (Å²) in [4.78, 5) is 0. The van der Waals surface area contributed by atoms with Crippen molar-refractivity contribution < 1.29 is 0 Å². The Balaban J connectivity index is 1.65. The Morgan fingerprint density at radius 2 is 1.18 bits per heavy atom. The average Bonchev–Trinajstić information content (AvgIpc) is 2.76. The standard InChI is InChI=1S/C28H38/c1-3-5-18-27(28-23-16-11-17-24-28)22-13-9-7-6-8-12-19-25(4-2)26-20-14-10-15-21-26/h3,6-7,10-11,14-17,20-21,23-25,27H,1,4-5,8-9,12-13,18-19,22H2,2H3. The van der Waals surface area contributed by atoms with Crippen molar-refractivity contribution in [1.82, 2.24) is 0 Å². The van der Waals surface area contributed by atoms with Crippen LogP contribution in [0.3, 0.4) is 0 Å². The maximum absolute atomic E-state index is 3.89. The first-order chi connectivity index (χ1) is 13.8. The minimum Gasteiger partial charge on any atom is -0.103 e. The van der Waals surface area contributed by atoms with E-state index in [1.807, 2.05) is 0 Å². The second kappa shape index (κ2) is 14.0. The van der Waals surface area contributed by atoms with Crippen LogP contribution in [-0.4, -0.2) is 0 Å². The van der Waals surface area contributed by atoms with Gasteiger partial charge in [-0.05, 0) is 80.8 Å². The lowest BCUT2D eigenvalue weighted by atomic mass is 9.89. The molecule has 0 bridgehead atoms. The van der Waals surface area contributed by atoms with Crippen LogP contribution in [-0.2, 0) is 0 Å². The highest BCUT2D eigenvalue weighted by atomic mass is 14.1. The van der Waals surface area contributed by atoms with Crippen molar-refractivity contribution in [3.8, 4) is 0 Å². The zero-order valence-corrected chi connectivity index (χ0v) is 17.7. The fourth-order valence-corrected chi connectivity index (χ4v) is 4.05. The second-order valence-electron chi connectivity index (χ2n) is 7.82. The average molecular weight is 375 g/mol. The van der Waals surface area contributed by atoms with Crippen molar-refractivity contribution in [2.45, 2.75) is 76.5 Å². The highest BCUT2D eigenvalue weighted by Gasteiger charge is 2.10. The van der Waals surface area contributed by atoms with Gasteiger partial charge in [0, 0.05) is 0 Å².